The second-order valence-electron chi connectivity index (χ2n) is 8.10. The van der Waals surface area contributed by atoms with E-state index in [1.54, 1.807) is 0 Å². The van der Waals surface area contributed by atoms with Gasteiger partial charge in [0.2, 0.25) is 0 Å². The molecular weight excluding hydrogens is 332 g/mol. The van der Waals surface area contributed by atoms with Crippen molar-refractivity contribution in [1.29, 1.82) is 0 Å². The second-order valence-corrected chi connectivity index (χ2v) is 9.08. The van der Waals surface area contributed by atoms with Crippen LogP contribution in [-0.2, 0) is 6.42 Å². The van der Waals surface area contributed by atoms with Crippen LogP contribution in [0.25, 0.3) is 0 Å². The van der Waals surface area contributed by atoms with Gasteiger partial charge in [0.25, 0.3) is 0 Å². The second kappa shape index (κ2) is 29.3. The fourth-order valence-electron chi connectivity index (χ4n) is 0.918. The molecule has 158 valence electrons. The minimum absolute atomic E-state index is 0.833. The van der Waals surface area contributed by atoms with Crippen LogP contribution in [0.15, 0.2) is 30.3 Å². The van der Waals surface area contributed by atoms with E-state index in [2.05, 4.69) is 107 Å². The van der Waals surface area contributed by atoms with E-state index in [9.17, 15) is 0 Å². The molecule has 0 aliphatic rings. The van der Waals surface area contributed by atoms with Crippen molar-refractivity contribution in [2.45, 2.75) is 95.4 Å². The topological polar surface area (TPSA) is 0 Å². The van der Waals surface area contributed by atoms with Crippen molar-refractivity contribution in [3.8, 4) is 0 Å². The lowest BCUT2D eigenvalue weighted by molar-refractivity contribution is 0.626. The molecule has 0 aromatic heterocycles. The number of benzene rings is 1. The Morgan fingerprint density at radius 3 is 1.19 bits per heavy atom. The molecule has 0 N–H and O–H groups in total. The number of aryl methyl sites for hydroxylation is 1. The summed E-state index contributed by atoms with van der Waals surface area (Å²) in [4.78, 5) is 0. The first kappa shape index (κ1) is 33.2. The summed E-state index contributed by atoms with van der Waals surface area (Å²) >= 11 is 1.90. The molecule has 0 spiro atoms. The van der Waals surface area contributed by atoms with Crippen LogP contribution in [0.4, 0.5) is 0 Å². The highest BCUT2D eigenvalue weighted by Crippen LogP contribution is 1.97. The fraction of sp³-hybridized carbons (Fsp3) is 0.760. The van der Waals surface area contributed by atoms with Crippen molar-refractivity contribution >= 4 is 11.8 Å². The summed E-state index contributed by atoms with van der Waals surface area (Å²) in [6.45, 7) is 24.0. The standard InChI is InChI=1S/C8H10.C5H12.C4H10S.2C4H10/c1-2-8-6-4-3-5-7-8;1-4-5(2)3;1-3-4-5-2;2*1-4(2)3/h3-7H,2H2,1H3;5H,4H2,1-3H3;3-4H2,1-2H3;2*4H,1-3H3. The van der Waals surface area contributed by atoms with Gasteiger partial charge in [0.05, 0.1) is 0 Å². The van der Waals surface area contributed by atoms with Gasteiger partial charge < -0.3 is 0 Å². The molecule has 0 saturated carbocycles. The first-order chi connectivity index (χ1) is 12.1. The van der Waals surface area contributed by atoms with Gasteiger partial charge in [-0.15, -0.1) is 0 Å². The average Bonchev–Trinajstić information content (AvgIpc) is 2.56. The van der Waals surface area contributed by atoms with Crippen LogP contribution in [0, 0.1) is 17.8 Å². The Hall–Kier alpha value is -0.430. The molecule has 0 radical (unpaired) electrons. The molecule has 1 heteroatoms. The number of hydrogen-bond acceptors (Lipinski definition) is 1. The molecule has 0 aliphatic carbocycles. The quantitative estimate of drug-likeness (QED) is 0.498. The van der Waals surface area contributed by atoms with Gasteiger partial charge >= 0.3 is 0 Å². The predicted octanol–water partition coefficient (Wildman–Crippen LogP) is 9.39. The van der Waals surface area contributed by atoms with E-state index in [-0.39, 0.29) is 0 Å². The Labute approximate surface area is 173 Å². The maximum Gasteiger partial charge on any atom is -0.00729 e. The highest BCUT2D eigenvalue weighted by Gasteiger charge is 1.80. The van der Waals surface area contributed by atoms with Gasteiger partial charge in [-0.05, 0) is 48.2 Å². The molecule has 0 unspecified atom stereocenters. The Morgan fingerprint density at radius 1 is 0.731 bits per heavy atom. The normalized spacial score (nSPS) is 9.04. The fourth-order valence-corrected chi connectivity index (χ4v) is 1.33. The van der Waals surface area contributed by atoms with Gasteiger partial charge in [-0.2, -0.15) is 11.8 Å². The maximum atomic E-state index is 2.22. The van der Waals surface area contributed by atoms with Crippen LogP contribution >= 0.6 is 11.8 Å². The zero-order valence-electron chi connectivity index (χ0n) is 20.4. The lowest BCUT2D eigenvalue weighted by atomic mass is 10.2. The van der Waals surface area contributed by atoms with Gasteiger partial charge in [0, 0.05) is 0 Å². The van der Waals surface area contributed by atoms with Gasteiger partial charge in [-0.25, -0.2) is 0 Å². The average molecular weight is 385 g/mol. The van der Waals surface area contributed by atoms with E-state index in [0.717, 1.165) is 24.2 Å². The molecule has 0 atom stereocenters. The van der Waals surface area contributed by atoms with E-state index in [0.29, 0.717) is 0 Å². The molecular formula is C25H52S. The Kier molecular flexibility index (Phi) is 37.4. The van der Waals surface area contributed by atoms with Crippen LogP contribution in [0.2, 0.25) is 0 Å². The van der Waals surface area contributed by atoms with Crippen LogP contribution in [0.5, 0.6) is 0 Å². The highest BCUT2D eigenvalue weighted by atomic mass is 32.2. The monoisotopic (exact) mass is 384 g/mol. The molecule has 1 aromatic carbocycles. The summed E-state index contributed by atoms with van der Waals surface area (Å²) in [6, 6.07) is 10.5. The van der Waals surface area contributed by atoms with Crippen LogP contribution in [0.1, 0.15) is 94.6 Å². The third-order valence-corrected chi connectivity index (χ3v) is 3.29. The van der Waals surface area contributed by atoms with Gasteiger partial charge in [-0.3, -0.25) is 0 Å². The minimum atomic E-state index is 0.833. The van der Waals surface area contributed by atoms with Crippen LogP contribution < -0.4 is 0 Å². The maximum absolute atomic E-state index is 2.22. The van der Waals surface area contributed by atoms with Crippen molar-refractivity contribution in [2.24, 2.45) is 17.8 Å². The summed E-state index contributed by atoms with van der Waals surface area (Å²) in [5.41, 5.74) is 1.41. The third-order valence-electron chi connectivity index (χ3n) is 2.48. The first-order valence-electron chi connectivity index (χ1n) is 10.6. The molecule has 0 amide bonds. The SMILES string of the molecule is CC(C)C.CC(C)C.CCC(C)C.CCCSC.CCc1ccccc1. The Balaban J connectivity index is -0.000000121. The largest absolute Gasteiger partial charge is 0.165 e. The molecule has 26 heavy (non-hydrogen) atoms. The van der Waals surface area contributed by atoms with Crippen molar-refractivity contribution < 1.29 is 0 Å². The molecule has 0 fully saturated rings. The lowest BCUT2D eigenvalue weighted by Crippen LogP contribution is -1.77. The van der Waals surface area contributed by atoms with Gasteiger partial charge in [-0.1, -0.05) is 113 Å². The van der Waals surface area contributed by atoms with Gasteiger partial charge in [0.1, 0.15) is 0 Å². The van der Waals surface area contributed by atoms with Crippen LogP contribution in [-0.4, -0.2) is 12.0 Å². The summed E-state index contributed by atoms with van der Waals surface area (Å²) < 4.78 is 0. The summed E-state index contributed by atoms with van der Waals surface area (Å²) in [7, 11) is 0. The van der Waals surface area contributed by atoms with E-state index in [4.69, 9.17) is 0 Å². The molecule has 0 nitrogen and oxygen atoms in total. The Bertz CT molecular complexity index is 288. The number of hydrogen-bond donors (Lipinski definition) is 0. The first-order valence-corrected chi connectivity index (χ1v) is 12.0. The van der Waals surface area contributed by atoms with Gasteiger partial charge in [0.15, 0.2) is 0 Å². The zero-order valence-corrected chi connectivity index (χ0v) is 21.2. The Morgan fingerprint density at radius 2 is 1.08 bits per heavy atom. The molecule has 0 saturated heterocycles. The number of thioether (sulfide) groups is 1. The van der Waals surface area contributed by atoms with Crippen molar-refractivity contribution in [2.75, 3.05) is 12.0 Å². The number of rotatable bonds is 4. The van der Waals surface area contributed by atoms with Crippen molar-refractivity contribution in [3.63, 3.8) is 0 Å². The summed E-state index contributed by atoms with van der Waals surface area (Å²) in [5, 5.41) is 0. The molecule has 0 bridgehead atoms. The third kappa shape index (κ3) is 65.2. The predicted molar refractivity (Wildman–Crippen MR) is 131 cm³/mol. The lowest BCUT2D eigenvalue weighted by Gasteiger charge is -1.90. The van der Waals surface area contributed by atoms with Crippen molar-refractivity contribution in [1.82, 2.24) is 0 Å². The summed E-state index contributed by atoms with van der Waals surface area (Å²) in [6.07, 6.45) is 5.88. The smallest absolute Gasteiger partial charge is 0.00729 e. The molecule has 1 rings (SSSR count). The highest BCUT2D eigenvalue weighted by molar-refractivity contribution is 7.98. The van der Waals surface area contributed by atoms with E-state index >= 15 is 0 Å². The summed E-state index contributed by atoms with van der Waals surface area (Å²) in [5.74, 6) is 3.86. The minimum Gasteiger partial charge on any atom is -0.165 e. The molecule has 1 aromatic rings. The van der Waals surface area contributed by atoms with E-state index in [1.165, 1.54) is 24.2 Å². The molecule has 0 heterocycles. The van der Waals surface area contributed by atoms with E-state index < -0.39 is 0 Å². The van der Waals surface area contributed by atoms with E-state index in [1.807, 2.05) is 17.8 Å². The van der Waals surface area contributed by atoms with Crippen molar-refractivity contribution in [3.05, 3.63) is 35.9 Å². The van der Waals surface area contributed by atoms with Crippen LogP contribution in [0.3, 0.4) is 0 Å². The zero-order chi connectivity index (χ0) is 21.4. The molecule has 0 aliphatic heterocycles.